The number of halogens is 1. The van der Waals surface area contributed by atoms with Crippen LogP contribution in [0, 0.1) is 12.7 Å². The lowest BCUT2D eigenvalue weighted by Gasteiger charge is -2.10. The van der Waals surface area contributed by atoms with Crippen molar-refractivity contribution in [3.63, 3.8) is 0 Å². The van der Waals surface area contributed by atoms with E-state index in [1.54, 1.807) is 59.0 Å². The molecule has 0 bridgehead atoms. The summed E-state index contributed by atoms with van der Waals surface area (Å²) < 4.78 is 17.7. The summed E-state index contributed by atoms with van der Waals surface area (Å²) in [5, 5.41) is 2.65. The van der Waals surface area contributed by atoms with Crippen molar-refractivity contribution < 1.29 is 9.18 Å². The third-order valence-corrected chi connectivity index (χ3v) is 3.82. The van der Waals surface area contributed by atoms with Crippen molar-refractivity contribution in [2.45, 2.75) is 6.92 Å². The van der Waals surface area contributed by atoms with E-state index in [0.717, 1.165) is 0 Å². The van der Waals surface area contributed by atoms with Crippen LogP contribution < -0.4 is 5.32 Å². The lowest BCUT2D eigenvalue weighted by Crippen LogP contribution is -2.15. The van der Waals surface area contributed by atoms with Gasteiger partial charge in [0.15, 0.2) is 11.3 Å². The van der Waals surface area contributed by atoms with E-state index in [1.807, 2.05) is 0 Å². The standard InChI is InChI=1S/C17H13FN6O/c1-11-19-6-9-24(11)14-3-2-12(10-13(14)18)22-17(25)15-16-21-5-8-23(16)7-4-20-15/h2-10H,1H3,(H,22,25). The number of aryl methyl sites for hydroxylation is 1. The van der Waals surface area contributed by atoms with E-state index in [4.69, 9.17) is 0 Å². The zero-order valence-electron chi connectivity index (χ0n) is 13.2. The maximum absolute atomic E-state index is 14.4. The van der Waals surface area contributed by atoms with Gasteiger partial charge in [-0.1, -0.05) is 0 Å². The molecule has 8 heteroatoms. The fourth-order valence-electron chi connectivity index (χ4n) is 2.62. The first kappa shape index (κ1) is 15.0. The second-order valence-electron chi connectivity index (χ2n) is 5.40. The predicted molar refractivity (Wildman–Crippen MR) is 89.2 cm³/mol. The first-order chi connectivity index (χ1) is 12.1. The van der Waals surface area contributed by atoms with Crippen LogP contribution in [0.3, 0.4) is 0 Å². The van der Waals surface area contributed by atoms with E-state index in [1.165, 1.54) is 12.3 Å². The molecule has 0 saturated carbocycles. The normalized spacial score (nSPS) is 11.0. The Hall–Kier alpha value is -3.55. The van der Waals surface area contributed by atoms with Gasteiger partial charge in [-0.15, -0.1) is 0 Å². The Morgan fingerprint density at radius 2 is 1.84 bits per heavy atom. The van der Waals surface area contributed by atoms with Gasteiger partial charge in [-0.25, -0.2) is 19.3 Å². The van der Waals surface area contributed by atoms with E-state index in [-0.39, 0.29) is 5.69 Å². The second-order valence-corrected chi connectivity index (χ2v) is 5.40. The molecule has 1 N–H and O–H groups in total. The quantitative estimate of drug-likeness (QED) is 0.624. The minimum Gasteiger partial charge on any atom is -0.320 e. The third-order valence-electron chi connectivity index (χ3n) is 3.82. The zero-order chi connectivity index (χ0) is 17.4. The molecule has 25 heavy (non-hydrogen) atoms. The van der Waals surface area contributed by atoms with Gasteiger partial charge in [-0.3, -0.25) is 4.79 Å². The number of hydrogen-bond acceptors (Lipinski definition) is 4. The van der Waals surface area contributed by atoms with Gasteiger partial charge in [0, 0.05) is 42.9 Å². The van der Waals surface area contributed by atoms with Crippen LogP contribution in [-0.4, -0.2) is 29.8 Å². The minimum atomic E-state index is -0.467. The van der Waals surface area contributed by atoms with Crippen molar-refractivity contribution in [3.8, 4) is 5.69 Å². The molecule has 1 aromatic carbocycles. The molecule has 4 rings (SSSR count). The number of nitrogens with one attached hydrogen (secondary N) is 1. The molecule has 0 spiro atoms. The summed E-state index contributed by atoms with van der Waals surface area (Å²) in [7, 11) is 0. The Morgan fingerprint density at radius 3 is 2.56 bits per heavy atom. The van der Waals surface area contributed by atoms with E-state index in [2.05, 4.69) is 20.3 Å². The first-order valence-electron chi connectivity index (χ1n) is 7.52. The topological polar surface area (TPSA) is 77.1 Å². The summed E-state index contributed by atoms with van der Waals surface area (Å²) in [6.07, 6.45) is 9.78. The average Bonchev–Trinajstić information content (AvgIpc) is 3.23. The fourth-order valence-corrected chi connectivity index (χ4v) is 2.62. The maximum atomic E-state index is 14.4. The Bertz CT molecular complexity index is 1080. The molecule has 0 unspecified atom stereocenters. The lowest BCUT2D eigenvalue weighted by molar-refractivity contribution is 0.102. The number of carbonyl (C=O) groups is 1. The molecule has 0 fully saturated rings. The SMILES string of the molecule is Cc1nccn1-c1ccc(NC(=O)c2nccn3ccnc23)cc1F. The van der Waals surface area contributed by atoms with Crippen molar-refractivity contribution in [2.75, 3.05) is 5.32 Å². The molecule has 0 atom stereocenters. The summed E-state index contributed by atoms with van der Waals surface area (Å²) in [6.45, 7) is 1.78. The summed E-state index contributed by atoms with van der Waals surface area (Å²) in [6, 6.07) is 4.48. The Balaban J connectivity index is 1.63. The number of rotatable bonds is 3. The summed E-state index contributed by atoms with van der Waals surface area (Å²) in [5.74, 6) is -0.250. The van der Waals surface area contributed by atoms with E-state index in [0.29, 0.717) is 22.8 Å². The van der Waals surface area contributed by atoms with E-state index < -0.39 is 11.7 Å². The van der Waals surface area contributed by atoms with Gasteiger partial charge in [-0.05, 0) is 25.1 Å². The number of aromatic nitrogens is 5. The number of carbonyl (C=O) groups excluding carboxylic acids is 1. The number of imidazole rings is 2. The fraction of sp³-hybridized carbons (Fsp3) is 0.0588. The monoisotopic (exact) mass is 336 g/mol. The Labute approximate surface area is 141 Å². The van der Waals surface area contributed by atoms with Crippen LogP contribution in [0.2, 0.25) is 0 Å². The van der Waals surface area contributed by atoms with Gasteiger partial charge in [0.05, 0.1) is 5.69 Å². The molecule has 3 aromatic heterocycles. The van der Waals surface area contributed by atoms with Crippen LogP contribution in [0.4, 0.5) is 10.1 Å². The molecule has 0 saturated heterocycles. The molecule has 0 radical (unpaired) electrons. The van der Waals surface area contributed by atoms with Crippen LogP contribution in [0.5, 0.6) is 0 Å². The molecule has 0 aliphatic carbocycles. The van der Waals surface area contributed by atoms with E-state index >= 15 is 0 Å². The molecular formula is C17H13FN6O. The second kappa shape index (κ2) is 5.82. The third kappa shape index (κ3) is 2.63. The largest absolute Gasteiger partial charge is 0.320 e. The van der Waals surface area contributed by atoms with Crippen molar-refractivity contribution in [2.24, 2.45) is 0 Å². The van der Waals surface area contributed by atoms with Crippen molar-refractivity contribution in [1.29, 1.82) is 0 Å². The molecule has 124 valence electrons. The molecular weight excluding hydrogens is 323 g/mol. The number of nitrogens with zero attached hydrogens (tertiary/aromatic N) is 5. The van der Waals surface area contributed by atoms with Crippen molar-refractivity contribution >= 4 is 17.2 Å². The Morgan fingerprint density at radius 1 is 1.08 bits per heavy atom. The number of benzene rings is 1. The molecule has 1 amide bonds. The molecule has 0 aliphatic rings. The summed E-state index contributed by atoms with van der Waals surface area (Å²) >= 11 is 0. The number of anilines is 1. The van der Waals surface area contributed by atoms with Gasteiger partial charge in [0.2, 0.25) is 0 Å². The highest BCUT2D eigenvalue weighted by Crippen LogP contribution is 2.20. The minimum absolute atomic E-state index is 0.169. The van der Waals surface area contributed by atoms with E-state index in [9.17, 15) is 9.18 Å². The first-order valence-corrected chi connectivity index (χ1v) is 7.52. The summed E-state index contributed by atoms with van der Waals surface area (Å²) in [4.78, 5) is 24.7. The molecule has 4 aromatic rings. The van der Waals surface area contributed by atoms with Gasteiger partial charge < -0.3 is 14.3 Å². The predicted octanol–water partition coefficient (Wildman–Crippen LogP) is 2.61. The van der Waals surface area contributed by atoms with Crippen molar-refractivity contribution in [1.82, 2.24) is 23.9 Å². The summed E-state index contributed by atoms with van der Waals surface area (Å²) in [5.41, 5.74) is 1.30. The maximum Gasteiger partial charge on any atom is 0.278 e. The molecule has 7 nitrogen and oxygen atoms in total. The highest BCUT2D eigenvalue weighted by molar-refractivity contribution is 6.06. The Kier molecular flexibility index (Phi) is 3.50. The van der Waals surface area contributed by atoms with Crippen LogP contribution in [0.25, 0.3) is 11.3 Å². The number of fused-ring (bicyclic) bond motifs is 1. The van der Waals surface area contributed by atoms with Crippen LogP contribution in [-0.2, 0) is 0 Å². The van der Waals surface area contributed by atoms with Crippen LogP contribution in [0.15, 0.2) is 55.4 Å². The van der Waals surface area contributed by atoms with Gasteiger partial charge >= 0.3 is 0 Å². The van der Waals surface area contributed by atoms with Gasteiger partial charge in [-0.2, -0.15) is 0 Å². The zero-order valence-corrected chi connectivity index (χ0v) is 13.2. The van der Waals surface area contributed by atoms with Crippen LogP contribution in [0.1, 0.15) is 16.3 Å². The molecule has 3 heterocycles. The van der Waals surface area contributed by atoms with Crippen LogP contribution >= 0.6 is 0 Å². The molecule has 0 aliphatic heterocycles. The highest BCUT2D eigenvalue weighted by atomic mass is 19.1. The smallest absolute Gasteiger partial charge is 0.278 e. The number of hydrogen-bond donors (Lipinski definition) is 1. The lowest BCUT2D eigenvalue weighted by atomic mass is 10.2. The van der Waals surface area contributed by atoms with Gasteiger partial charge in [0.25, 0.3) is 5.91 Å². The van der Waals surface area contributed by atoms with Crippen molar-refractivity contribution in [3.05, 3.63) is 72.7 Å². The highest BCUT2D eigenvalue weighted by Gasteiger charge is 2.15. The average molecular weight is 336 g/mol. The van der Waals surface area contributed by atoms with Gasteiger partial charge in [0.1, 0.15) is 11.6 Å². The number of amides is 1.